The number of anilines is 1. The van der Waals surface area contributed by atoms with Gasteiger partial charge in [0.2, 0.25) is 0 Å². The summed E-state index contributed by atoms with van der Waals surface area (Å²) >= 11 is 1.45. The molecule has 1 atom stereocenters. The van der Waals surface area contributed by atoms with Gasteiger partial charge in [0.05, 0.1) is 13.3 Å². The summed E-state index contributed by atoms with van der Waals surface area (Å²) in [7, 11) is 1.55. The van der Waals surface area contributed by atoms with E-state index in [-0.39, 0.29) is 5.56 Å². The molecule has 1 aromatic carbocycles. The van der Waals surface area contributed by atoms with Gasteiger partial charge < -0.3 is 14.8 Å². The number of fused-ring (bicyclic) bond motifs is 1. The first-order chi connectivity index (χ1) is 12.5. The third kappa shape index (κ3) is 3.72. The smallest absolute Gasteiger partial charge is 0.346 e. The number of aromatic nitrogens is 2. The number of thioether (sulfide) groups is 1. The molecule has 26 heavy (non-hydrogen) atoms. The molecule has 0 saturated heterocycles. The topological polar surface area (TPSA) is 99.5 Å². The van der Waals surface area contributed by atoms with Crippen molar-refractivity contribution in [2.45, 2.75) is 24.7 Å². The maximum absolute atomic E-state index is 12.3. The molecule has 9 heteroatoms. The predicted octanol–water partition coefficient (Wildman–Crippen LogP) is 1.54. The van der Waals surface area contributed by atoms with E-state index in [2.05, 4.69) is 10.3 Å². The average Bonchev–Trinajstić information content (AvgIpc) is 3.12. The molecule has 136 valence electrons. The standard InChI is InChI=1S/C17H17N3O5S/c1-10(14(21)19-11-3-5-12(24-2)6-4-11)25-16(23)13-9-18-17-20(15(13)22)7-8-26-17/h3-6,9-10H,7-8H2,1-2H3,(H,19,21). The first-order valence-electron chi connectivity index (χ1n) is 7.88. The summed E-state index contributed by atoms with van der Waals surface area (Å²) in [6.45, 7) is 1.94. The van der Waals surface area contributed by atoms with E-state index in [4.69, 9.17) is 9.47 Å². The molecular weight excluding hydrogens is 358 g/mol. The number of ether oxygens (including phenoxy) is 2. The van der Waals surface area contributed by atoms with Gasteiger partial charge in [-0.15, -0.1) is 0 Å². The van der Waals surface area contributed by atoms with E-state index in [1.54, 1.807) is 31.4 Å². The Hall–Kier alpha value is -2.81. The molecule has 1 N–H and O–H groups in total. The number of esters is 1. The van der Waals surface area contributed by atoms with E-state index in [1.807, 2.05) is 0 Å². The molecule has 3 rings (SSSR count). The Morgan fingerprint density at radius 2 is 2.04 bits per heavy atom. The molecule has 1 amide bonds. The van der Waals surface area contributed by atoms with Crippen LogP contribution in [-0.4, -0.2) is 40.4 Å². The van der Waals surface area contributed by atoms with E-state index in [0.717, 1.165) is 5.75 Å². The number of carbonyl (C=O) groups excluding carboxylic acids is 2. The van der Waals surface area contributed by atoms with Crippen molar-refractivity contribution in [1.82, 2.24) is 9.55 Å². The van der Waals surface area contributed by atoms with Gasteiger partial charge >= 0.3 is 5.97 Å². The molecule has 8 nitrogen and oxygen atoms in total. The van der Waals surface area contributed by atoms with Gasteiger partial charge in [0.25, 0.3) is 11.5 Å². The molecule has 0 saturated carbocycles. The molecule has 0 spiro atoms. The molecule has 1 aromatic heterocycles. The fourth-order valence-electron chi connectivity index (χ4n) is 2.35. The Morgan fingerprint density at radius 3 is 2.73 bits per heavy atom. The van der Waals surface area contributed by atoms with Gasteiger partial charge in [0.1, 0.15) is 11.3 Å². The summed E-state index contributed by atoms with van der Waals surface area (Å²) in [5, 5.41) is 3.21. The van der Waals surface area contributed by atoms with E-state index >= 15 is 0 Å². The lowest BCUT2D eigenvalue weighted by atomic mass is 10.2. The maximum atomic E-state index is 12.3. The molecule has 1 unspecified atom stereocenters. The lowest BCUT2D eigenvalue weighted by Gasteiger charge is -2.14. The van der Waals surface area contributed by atoms with Crippen LogP contribution in [0.25, 0.3) is 0 Å². The van der Waals surface area contributed by atoms with Crippen molar-refractivity contribution >= 4 is 29.3 Å². The minimum atomic E-state index is -1.07. The number of amides is 1. The minimum absolute atomic E-state index is 0.180. The number of rotatable bonds is 5. The van der Waals surface area contributed by atoms with Crippen LogP contribution in [0.15, 0.2) is 40.4 Å². The highest BCUT2D eigenvalue weighted by molar-refractivity contribution is 7.99. The van der Waals surface area contributed by atoms with E-state index in [9.17, 15) is 14.4 Å². The van der Waals surface area contributed by atoms with Crippen molar-refractivity contribution in [3.05, 3.63) is 46.4 Å². The Kier molecular flexibility index (Phi) is 5.27. The van der Waals surface area contributed by atoms with Crippen molar-refractivity contribution in [3.63, 3.8) is 0 Å². The number of nitrogens with one attached hydrogen (secondary N) is 1. The second-order valence-corrected chi connectivity index (χ2v) is 6.59. The van der Waals surface area contributed by atoms with Crippen molar-refractivity contribution in [2.75, 3.05) is 18.2 Å². The summed E-state index contributed by atoms with van der Waals surface area (Å²) in [6.07, 6.45) is 0.125. The summed E-state index contributed by atoms with van der Waals surface area (Å²) in [5.74, 6) is 0.0205. The molecular formula is C17H17N3O5S. The second kappa shape index (κ2) is 7.61. The molecule has 2 heterocycles. The summed E-state index contributed by atoms with van der Waals surface area (Å²) < 4.78 is 11.6. The minimum Gasteiger partial charge on any atom is -0.497 e. The van der Waals surface area contributed by atoms with E-state index in [1.165, 1.54) is 29.4 Å². The summed E-state index contributed by atoms with van der Waals surface area (Å²) in [4.78, 5) is 40.8. The van der Waals surface area contributed by atoms with Crippen molar-refractivity contribution < 1.29 is 19.1 Å². The van der Waals surface area contributed by atoms with Crippen LogP contribution in [0.4, 0.5) is 5.69 Å². The van der Waals surface area contributed by atoms with Crippen molar-refractivity contribution in [3.8, 4) is 5.75 Å². The van der Waals surface area contributed by atoms with Gasteiger partial charge in [-0.25, -0.2) is 9.78 Å². The zero-order chi connectivity index (χ0) is 18.7. The number of hydrogen-bond donors (Lipinski definition) is 1. The fourth-order valence-corrected chi connectivity index (χ4v) is 3.27. The molecule has 2 aromatic rings. The van der Waals surface area contributed by atoms with Crippen molar-refractivity contribution in [2.24, 2.45) is 0 Å². The van der Waals surface area contributed by atoms with Crippen LogP contribution in [0.3, 0.4) is 0 Å². The number of benzene rings is 1. The average molecular weight is 375 g/mol. The van der Waals surface area contributed by atoms with Crippen LogP contribution < -0.4 is 15.6 Å². The number of carbonyl (C=O) groups is 2. The third-order valence-corrected chi connectivity index (χ3v) is 4.76. The molecule has 0 radical (unpaired) electrons. The number of hydrogen-bond acceptors (Lipinski definition) is 7. The molecule has 0 bridgehead atoms. The van der Waals surface area contributed by atoms with Gasteiger partial charge in [0.15, 0.2) is 11.3 Å². The first-order valence-corrected chi connectivity index (χ1v) is 8.86. The van der Waals surface area contributed by atoms with Crippen LogP contribution in [0, 0.1) is 0 Å². The quantitative estimate of drug-likeness (QED) is 0.625. The Morgan fingerprint density at radius 1 is 1.31 bits per heavy atom. The van der Waals surface area contributed by atoms with Crippen molar-refractivity contribution in [1.29, 1.82) is 0 Å². The van der Waals surface area contributed by atoms with E-state index in [0.29, 0.717) is 23.1 Å². The van der Waals surface area contributed by atoms with Crippen LogP contribution in [0.2, 0.25) is 0 Å². The SMILES string of the molecule is COc1ccc(NC(=O)C(C)OC(=O)c2cnc3n(c2=O)CCS3)cc1. The maximum Gasteiger partial charge on any atom is 0.346 e. The summed E-state index contributed by atoms with van der Waals surface area (Å²) in [5.41, 5.74) is -0.0944. The Balaban J connectivity index is 1.65. The molecule has 1 aliphatic rings. The Bertz CT molecular complexity index is 894. The number of nitrogens with zero attached hydrogens (tertiary/aromatic N) is 2. The van der Waals surface area contributed by atoms with Gasteiger partial charge in [0, 0.05) is 18.0 Å². The van der Waals surface area contributed by atoms with Gasteiger partial charge in [-0.05, 0) is 31.2 Å². The van der Waals surface area contributed by atoms with Crippen LogP contribution in [0.5, 0.6) is 5.75 Å². The van der Waals surface area contributed by atoms with Gasteiger partial charge in [-0.1, -0.05) is 11.8 Å². The zero-order valence-electron chi connectivity index (χ0n) is 14.2. The molecule has 0 fully saturated rings. The number of methoxy groups -OCH3 is 1. The molecule has 0 aliphatic carbocycles. The van der Waals surface area contributed by atoms with Gasteiger partial charge in [-0.3, -0.25) is 14.2 Å². The lowest BCUT2D eigenvalue weighted by Crippen LogP contribution is -2.33. The van der Waals surface area contributed by atoms with Crippen LogP contribution in [0.1, 0.15) is 17.3 Å². The second-order valence-electron chi connectivity index (χ2n) is 5.52. The monoisotopic (exact) mass is 375 g/mol. The highest BCUT2D eigenvalue weighted by atomic mass is 32.2. The van der Waals surface area contributed by atoms with Gasteiger partial charge in [-0.2, -0.15) is 0 Å². The largest absolute Gasteiger partial charge is 0.497 e. The third-order valence-electron chi connectivity index (χ3n) is 3.79. The predicted molar refractivity (Wildman–Crippen MR) is 95.7 cm³/mol. The summed E-state index contributed by atoms with van der Waals surface area (Å²) in [6, 6.07) is 6.72. The normalized spacial score (nSPS) is 13.6. The van der Waals surface area contributed by atoms with E-state index < -0.39 is 23.5 Å². The van der Waals surface area contributed by atoms with Crippen LogP contribution in [-0.2, 0) is 16.1 Å². The lowest BCUT2D eigenvalue weighted by molar-refractivity contribution is -0.123. The van der Waals surface area contributed by atoms with Crippen LogP contribution >= 0.6 is 11.8 Å². The zero-order valence-corrected chi connectivity index (χ0v) is 15.0. The molecule has 1 aliphatic heterocycles. The highest BCUT2D eigenvalue weighted by Crippen LogP contribution is 2.20. The highest BCUT2D eigenvalue weighted by Gasteiger charge is 2.24. The Labute approximate surface area is 153 Å². The fraction of sp³-hybridized carbons (Fsp3) is 0.294. The first kappa shape index (κ1) is 18.0.